The van der Waals surface area contributed by atoms with Gasteiger partial charge in [0.1, 0.15) is 12.4 Å². The largest absolute Gasteiger partial charge is 0.489 e. The van der Waals surface area contributed by atoms with Gasteiger partial charge < -0.3 is 19.7 Å². The van der Waals surface area contributed by atoms with Crippen LogP contribution in [0.1, 0.15) is 6.92 Å². The minimum absolute atomic E-state index is 0.121. The van der Waals surface area contributed by atoms with Gasteiger partial charge in [-0.3, -0.25) is 9.80 Å². The Morgan fingerprint density at radius 2 is 1.82 bits per heavy atom. The Kier molecular flexibility index (Phi) is 9.27. The monoisotopic (exact) mass is 546 g/mol. The molecule has 1 aromatic heterocycles. The van der Waals surface area contributed by atoms with Crippen molar-refractivity contribution in [2.45, 2.75) is 6.92 Å². The summed E-state index contributed by atoms with van der Waals surface area (Å²) in [5.41, 5.74) is 0.397. The summed E-state index contributed by atoms with van der Waals surface area (Å²) in [6.45, 7) is 8.36. The zero-order valence-electron chi connectivity index (χ0n) is 21.2. The summed E-state index contributed by atoms with van der Waals surface area (Å²) < 4.78 is 39.3. The first-order valence-corrected chi connectivity index (χ1v) is 12.6. The van der Waals surface area contributed by atoms with Crippen LogP contribution in [0.5, 0.6) is 11.5 Å². The molecule has 1 N–H and O–H groups in total. The predicted octanol–water partition coefficient (Wildman–Crippen LogP) is 4.80. The van der Waals surface area contributed by atoms with E-state index in [1.54, 1.807) is 12.1 Å². The molecule has 1 aliphatic heterocycles. The van der Waals surface area contributed by atoms with E-state index >= 15 is 0 Å². The maximum atomic E-state index is 14.7. The second kappa shape index (κ2) is 12.8. The third kappa shape index (κ3) is 7.27. The molecule has 0 bridgehead atoms. The number of likely N-dealkylation sites (N-methyl/N-ethyl adjacent to an activating group) is 1. The van der Waals surface area contributed by atoms with Gasteiger partial charge in [0.2, 0.25) is 5.95 Å². The molecule has 0 saturated carbocycles. The quantitative estimate of drug-likeness (QED) is 0.410. The molecule has 0 aliphatic carbocycles. The third-order valence-corrected chi connectivity index (χ3v) is 6.35. The van der Waals surface area contributed by atoms with E-state index in [0.717, 1.165) is 50.2 Å². The highest BCUT2D eigenvalue weighted by Crippen LogP contribution is 2.25. The Morgan fingerprint density at radius 3 is 2.55 bits per heavy atom. The van der Waals surface area contributed by atoms with Crippen LogP contribution in [-0.2, 0) is 0 Å². The standard InChI is InChI=1S/C26H29ClF2N6O3/c1-3-34-10-12-35(13-11-34)14-15-37-22-7-5-19(17-21(22)29)31-25-30-9-8-24(32-25)33(2)26(36)38-23-16-18(27)4-6-20(23)28/h4-9,16-17H,3,10-15H2,1-2H3,(H,30,31,32). The molecular weight excluding hydrogens is 518 g/mol. The number of anilines is 3. The van der Waals surface area contributed by atoms with Crippen molar-refractivity contribution in [1.29, 1.82) is 0 Å². The number of aromatic nitrogens is 2. The Labute approximate surface area is 224 Å². The lowest BCUT2D eigenvalue weighted by atomic mass is 10.3. The summed E-state index contributed by atoms with van der Waals surface area (Å²) in [4.78, 5) is 26.6. The van der Waals surface area contributed by atoms with Gasteiger partial charge in [-0.15, -0.1) is 0 Å². The molecule has 3 aromatic rings. The second-order valence-electron chi connectivity index (χ2n) is 8.63. The van der Waals surface area contributed by atoms with Gasteiger partial charge in [0.05, 0.1) is 0 Å². The molecule has 2 heterocycles. The molecule has 1 saturated heterocycles. The number of carbonyl (C=O) groups is 1. The Balaban J connectivity index is 1.32. The number of hydrogen-bond donors (Lipinski definition) is 1. The number of nitrogens with zero attached hydrogens (tertiary/aromatic N) is 5. The Morgan fingerprint density at radius 1 is 1.05 bits per heavy atom. The maximum absolute atomic E-state index is 14.7. The molecule has 2 aromatic carbocycles. The average Bonchev–Trinajstić information content (AvgIpc) is 2.92. The van der Waals surface area contributed by atoms with Crippen LogP contribution in [0.4, 0.5) is 31.0 Å². The van der Waals surface area contributed by atoms with Crippen LogP contribution in [0, 0.1) is 11.6 Å². The lowest BCUT2D eigenvalue weighted by molar-refractivity contribution is 0.120. The van der Waals surface area contributed by atoms with E-state index in [1.165, 1.54) is 37.5 Å². The molecule has 1 amide bonds. The Hall–Kier alpha value is -3.54. The van der Waals surface area contributed by atoms with Gasteiger partial charge in [-0.05, 0) is 36.9 Å². The number of benzene rings is 2. The fraction of sp³-hybridized carbons (Fsp3) is 0.346. The Bertz CT molecular complexity index is 1260. The van der Waals surface area contributed by atoms with Crippen LogP contribution < -0.4 is 19.7 Å². The maximum Gasteiger partial charge on any atom is 0.420 e. The van der Waals surface area contributed by atoms with Crippen molar-refractivity contribution in [3.8, 4) is 11.5 Å². The van der Waals surface area contributed by atoms with Gasteiger partial charge in [0.25, 0.3) is 0 Å². The van der Waals surface area contributed by atoms with Crippen molar-refractivity contribution < 1.29 is 23.0 Å². The number of nitrogens with one attached hydrogen (secondary N) is 1. The molecule has 38 heavy (non-hydrogen) atoms. The summed E-state index contributed by atoms with van der Waals surface area (Å²) in [7, 11) is 1.41. The van der Waals surface area contributed by atoms with E-state index in [2.05, 4.69) is 32.0 Å². The zero-order chi connectivity index (χ0) is 27.1. The normalized spacial score (nSPS) is 14.2. The third-order valence-electron chi connectivity index (χ3n) is 6.11. The first-order chi connectivity index (χ1) is 18.3. The predicted molar refractivity (Wildman–Crippen MR) is 142 cm³/mol. The smallest absolute Gasteiger partial charge is 0.420 e. The molecule has 202 valence electrons. The lowest BCUT2D eigenvalue weighted by Gasteiger charge is -2.33. The molecule has 0 atom stereocenters. The molecular formula is C26H29ClF2N6O3. The highest BCUT2D eigenvalue weighted by molar-refractivity contribution is 6.30. The van der Waals surface area contributed by atoms with E-state index in [-0.39, 0.29) is 28.3 Å². The number of piperazine rings is 1. The van der Waals surface area contributed by atoms with Crippen molar-refractivity contribution in [1.82, 2.24) is 19.8 Å². The van der Waals surface area contributed by atoms with E-state index in [0.29, 0.717) is 12.3 Å². The van der Waals surface area contributed by atoms with Gasteiger partial charge >= 0.3 is 6.09 Å². The van der Waals surface area contributed by atoms with Crippen LogP contribution in [0.15, 0.2) is 48.7 Å². The summed E-state index contributed by atoms with van der Waals surface area (Å²) in [5.74, 6) is -1.10. The fourth-order valence-electron chi connectivity index (χ4n) is 3.85. The van der Waals surface area contributed by atoms with Crippen LogP contribution >= 0.6 is 11.6 Å². The van der Waals surface area contributed by atoms with Crippen LogP contribution in [0.2, 0.25) is 5.02 Å². The minimum Gasteiger partial charge on any atom is -0.489 e. The first-order valence-electron chi connectivity index (χ1n) is 12.2. The van der Waals surface area contributed by atoms with Crippen LogP contribution in [0.25, 0.3) is 0 Å². The first kappa shape index (κ1) is 27.5. The number of halogens is 3. The number of amides is 1. The van der Waals surface area contributed by atoms with Gasteiger partial charge in [-0.25, -0.2) is 18.6 Å². The van der Waals surface area contributed by atoms with Gasteiger partial charge in [0.15, 0.2) is 23.1 Å². The molecule has 1 fully saturated rings. The SMILES string of the molecule is CCN1CCN(CCOc2ccc(Nc3nccc(N(C)C(=O)Oc4cc(Cl)ccc4F)n3)cc2F)CC1. The summed E-state index contributed by atoms with van der Waals surface area (Å²) >= 11 is 5.84. The van der Waals surface area contributed by atoms with Gasteiger partial charge in [0, 0.05) is 68.8 Å². The molecule has 12 heteroatoms. The van der Waals surface area contributed by atoms with Crippen molar-refractivity contribution in [2.24, 2.45) is 0 Å². The zero-order valence-corrected chi connectivity index (χ0v) is 21.9. The second-order valence-corrected chi connectivity index (χ2v) is 9.07. The van der Waals surface area contributed by atoms with Gasteiger partial charge in [-0.1, -0.05) is 18.5 Å². The van der Waals surface area contributed by atoms with E-state index in [4.69, 9.17) is 21.1 Å². The van der Waals surface area contributed by atoms with Crippen molar-refractivity contribution in [3.05, 3.63) is 65.3 Å². The number of ether oxygens (including phenoxy) is 2. The van der Waals surface area contributed by atoms with E-state index < -0.39 is 17.7 Å². The van der Waals surface area contributed by atoms with Gasteiger partial charge in [-0.2, -0.15) is 4.98 Å². The molecule has 0 spiro atoms. The van der Waals surface area contributed by atoms with Crippen LogP contribution in [-0.4, -0.2) is 78.8 Å². The highest BCUT2D eigenvalue weighted by atomic mass is 35.5. The topological polar surface area (TPSA) is 83.1 Å². The number of hydrogen-bond acceptors (Lipinski definition) is 8. The van der Waals surface area contributed by atoms with Crippen molar-refractivity contribution >= 4 is 35.1 Å². The van der Waals surface area contributed by atoms with Crippen molar-refractivity contribution in [3.63, 3.8) is 0 Å². The molecule has 0 unspecified atom stereocenters. The van der Waals surface area contributed by atoms with E-state index in [9.17, 15) is 13.6 Å². The van der Waals surface area contributed by atoms with Crippen molar-refractivity contribution in [2.75, 3.05) is 63.1 Å². The summed E-state index contributed by atoms with van der Waals surface area (Å²) in [6, 6.07) is 9.59. The number of rotatable bonds is 9. The summed E-state index contributed by atoms with van der Waals surface area (Å²) in [6.07, 6.45) is 0.540. The van der Waals surface area contributed by atoms with Crippen LogP contribution in [0.3, 0.4) is 0 Å². The summed E-state index contributed by atoms with van der Waals surface area (Å²) in [5, 5.41) is 3.12. The molecule has 4 rings (SSSR count). The fourth-order valence-corrected chi connectivity index (χ4v) is 4.01. The average molecular weight is 547 g/mol. The van der Waals surface area contributed by atoms with E-state index in [1.807, 2.05) is 0 Å². The number of carbonyl (C=O) groups excluding carboxylic acids is 1. The lowest BCUT2D eigenvalue weighted by Crippen LogP contribution is -2.47. The minimum atomic E-state index is -0.879. The molecule has 9 nitrogen and oxygen atoms in total. The molecule has 1 aliphatic rings. The molecule has 0 radical (unpaired) electrons. The highest BCUT2D eigenvalue weighted by Gasteiger charge is 2.18.